The number of methoxy groups -OCH3 is 1. The fourth-order valence-electron chi connectivity index (χ4n) is 3.03. The molecular weight excluding hydrogens is 452 g/mol. The highest BCUT2D eigenvalue weighted by Crippen LogP contribution is 2.20. The summed E-state index contributed by atoms with van der Waals surface area (Å²) in [6, 6.07) is 13.1. The van der Waals surface area contributed by atoms with Gasteiger partial charge in [-0.1, -0.05) is 29.5 Å². The summed E-state index contributed by atoms with van der Waals surface area (Å²) in [5.41, 5.74) is 1.20. The SMILES string of the molecule is CCOC(=O)c1ccc2c(c1)sc(=NC(=O)CCS(=O)(=O)c1ccccc1)n2CCOC. The largest absolute Gasteiger partial charge is 0.462 e. The molecule has 0 radical (unpaired) electrons. The van der Waals surface area contributed by atoms with E-state index in [1.807, 2.05) is 4.57 Å². The van der Waals surface area contributed by atoms with Crippen molar-refractivity contribution in [1.82, 2.24) is 4.57 Å². The van der Waals surface area contributed by atoms with E-state index in [9.17, 15) is 18.0 Å². The third-order valence-electron chi connectivity index (χ3n) is 4.62. The first kappa shape index (κ1) is 23.8. The number of benzene rings is 2. The molecule has 2 aromatic carbocycles. The predicted molar refractivity (Wildman–Crippen MR) is 121 cm³/mol. The minimum Gasteiger partial charge on any atom is -0.462 e. The lowest BCUT2D eigenvalue weighted by atomic mass is 10.2. The summed E-state index contributed by atoms with van der Waals surface area (Å²) < 4.78 is 37.7. The molecular formula is C22H24N2O6S2. The second-order valence-electron chi connectivity index (χ2n) is 6.82. The van der Waals surface area contributed by atoms with Crippen LogP contribution >= 0.6 is 11.3 Å². The Hall–Kier alpha value is -2.82. The molecule has 32 heavy (non-hydrogen) atoms. The first-order valence-electron chi connectivity index (χ1n) is 10.0. The Labute approximate surface area is 190 Å². The van der Waals surface area contributed by atoms with E-state index in [-0.39, 0.29) is 23.7 Å². The average Bonchev–Trinajstić information content (AvgIpc) is 3.13. The number of hydrogen-bond donors (Lipinski definition) is 0. The summed E-state index contributed by atoms with van der Waals surface area (Å²) in [6.07, 6.45) is -0.232. The molecule has 170 valence electrons. The molecule has 0 unspecified atom stereocenters. The van der Waals surface area contributed by atoms with Crippen molar-refractivity contribution in [1.29, 1.82) is 0 Å². The van der Waals surface area contributed by atoms with Crippen LogP contribution < -0.4 is 4.80 Å². The second kappa shape index (κ2) is 10.7. The zero-order valence-corrected chi connectivity index (χ0v) is 19.4. The number of fused-ring (bicyclic) bond motifs is 1. The van der Waals surface area contributed by atoms with Crippen molar-refractivity contribution < 1.29 is 27.5 Å². The number of sulfone groups is 1. The number of amides is 1. The van der Waals surface area contributed by atoms with E-state index in [1.165, 1.54) is 23.5 Å². The van der Waals surface area contributed by atoms with E-state index in [1.54, 1.807) is 50.4 Å². The van der Waals surface area contributed by atoms with Crippen molar-refractivity contribution in [2.75, 3.05) is 26.1 Å². The molecule has 0 saturated heterocycles. The molecule has 0 aliphatic carbocycles. The van der Waals surface area contributed by atoms with Gasteiger partial charge in [0.25, 0.3) is 0 Å². The van der Waals surface area contributed by atoms with Gasteiger partial charge in [-0.25, -0.2) is 13.2 Å². The van der Waals surface area contributed by atoms with Crippen molar-refractivity contribution >= 4 is 43.3 Å². The van der Waals surface area contributed by atoms with Crippen molar-refractivity contribution in [3.05, 3.63) is 58.9 Å². The average molecular weight is 477 g/mol. The van der Waals surface area contributed by atoms with Crippen LogP contribution in [0.25, 0.3) is 10.2 Å². The van der Waals surface area contributed by atoms with Crippen LogP contribution in [0.15, 0.2) is 58.4 Å². The monoisotopic (exact) mass is 476 g/mol. The number of rotatable bonds is 9. The molecule has 0 aliphatic heterocycles. The topological polar surface area (TPSA) is 104 Å². The van der Waals surface area contributed by atoms with Gasteiger partial charge in [-0.05, 0) is 37.3 Å². The van der Waals surface area contributed by atoms with Gasteiger partial charge in [0.15, 0.2) is 14.6 Å². The van der Waals surface area contributed by atoms with Crippen LogP contribution in [0.4, 0.5) is 0 Å². The Bertz CT molecular complexity index is 1280. The Morgan fingerprint density at radius 1 is 1.12 bits per heavy atom. The number of nitrogens with zero attached hydrogens (tertiary/aromatic N) is 2. The molecule has 3 rings (SSSR count). The fourth-order valence-corrected chi connectivity index (χ4v) is 5.39. The Morgan fingerprint density at radius 2 is 1.88 bits per heavy atom. The molecule has 0 spiro atoms. The van der Waals surface area contributed by atoms with Gasteiger partial charge < -0.3 is 14.0 Å². The summed E-state index contributed by atoms with van der Waals surface area (Å²) in [7, 11) is -2.00. The highest BCUT2D eigenvalue weighted by Gasteiger charge is 2.17. The van der Waals surface area contributed by atoms with Gasteiger partial charge in [-0.3, -0.25) is 4.79 Å². The van der Waals surface area contributed by atoms with Crippen LogP contribution in [-0.4, -0.2) is 50.9 Å². The summed E-state index contributed by atoms with van der Waals surface area (Å²) in [5.74, 6) is -1.28. The summed E-state index contributed by atoms with van der Waals surface area (Å²) >= 11 is 1.24. The molecule has 0 N–H and O–H groups in total. The van der Waals surface area contributed by atoms with Gasteiger partial charge in [-0.15, -0.1) is 0 Å². The quantitative estimate of drug-likeness (QED) is 0.440. The van der Waals surface area contributed by atoms with E-state index in [0.717, 1.165) is 10.2 Å². The highest BCUT2D eigenvalue weighted by atomic mass is 32.2. The summed E-state index contributed by atoms with van der Waals surface area (Å²) in [5, 5.41) is 0. The highest BCUT2D eigenvalue weighted by molar-refractivity contribution is 7.91. The first-order chi connectivity index (χ1) is 15.4. The Balaban J connectivity index is 1.89. The molecule has 0 bridgehead atoms. The Kier molecular flexibility index (Phi) is 7.94. The minimum absolute atomic E-state index is 0.177. The molecule has 3 aromatic rings. The smallest absolute Gasteiger partial charge is 0.338 e. The molecule has 1 heterocycles. The molecule has 0 aliphatic rings. The lowest BCUT2D eigenvalue weighted by Gasteiger charge is -2.05. The van der Waals surface area contributed by atoms with Gasteiger partial charge >= 0.3 is 5.97 Å². The van der Waals surface area contributed by atoms with Gasteiger partial charge in [0.1, 0.15) is 0 Å². The number of carbonyl (C=O) groups excluding carboxylic acids is 2. The molecule has 0 atom stereocenters. The number of ether oxygens (including phenoxy) is 2. The summed E-state index contributed by atoms with van der Waals surface area (Å²) in [4.78, 5) is 29.3. The minimum atomic E-state index is -3.57. The van der Waals surface area contributed by atoms with E-state index in [2.05, 4.69) is 4.99 Å². The molecule has 8 nitrogen and oxygen atoms in total. The number of aromatic nitrogens is 1. The first-order valence-corrected chi connectivity index (χ1v) is 12.5. The van der Waals surface area contributed by atoms with Crippen LogP contribution in [0.5, 0.6) is 0 Å². The van der Waals surface area contributed by atoms with Crippen LogP contribution in [-0.2, 0) is 30.7 Å². The molecule has 0 saturated carbocycles. The van der Waals surface area contributed by atoms with Gasteiger partial charge in [0, 0.05) is 20.1 Å². The Morgan fingerprint density at radius 3 is 2.56 bits per heavy atom. The van der Waals surface area contributed by atoms with E-state index in [4.69, 9.17) is 9.47 Å². The normalized spacial score (nSPS) is 12.2. The number of thiazole rings is 1. The lowest BCUT2D eigenvalue weighted by molar-refractivity contribution is -0.117. The zero-order valence-electron chi connectivity index (χ0n) is 17.8. The third kappa shape index (κ3) is 5.70. The maximum Gasteiger partial charge on any atom is 0.338 e. The van der Waals surface area contributed by atoms with E-state index >= 15 is 0 Å². The number of esters is 1. The molecule has 1 amide bonds. The van der Waals surface area contributed by atoms with Crippen LogP contribution in [0.1, 0.15) is 23.7 Å². The fraction of sp³-hybridized carbons (Fsp3) is 0.318. The predicted octanol–water partition coefficient (Wildman–Crippen LogP) is 2.82. The lowest BCUT2D eigenvalue weighted by Crippen LogP contribution is -2.20. The van der Waals surface area contributed by atoms with Crippen molar-refractivity contribution in [3.63, 3.8) is 0 Å². The second-order valence-corrected chi connectivity index (χ2v) is 9.94. The maximum absolute atomic E-state index is 12.5. The van der Waals surface area contributed by atoms with Crippen LogP contribution in [0.3, 0.4) is 0 Å². The third-order valence-corrected chi connectivity index (χ3v) is 7.39. The van der Waals surface area contributed by atoms with Crippen molar-refractivity contribution in [3.8, 4) is 0 Å². The molecule has 10 heteroatoms. The zero-order chi connectivity index (χ0) is 23.1. The van der Waals surface area contributed by atoms with Crippen molar-refractivity contribution in [2.45, 2.75) is 24.8 Å². The number of carbonyl (C=O) groups is 2. The van der Waals surface area contributed by atoms with Crippen LogP contribution in [0, 0.1) is 0 Å². The van der Waals surface area contributed by atoms with Gasteiger partial charge in [0.05, 0.1) is 39.6 Å². The molecule has 1 aromatic heterocycles. The standard InChI is InChI=1S/C22H24N2O6S2/c1-3-30-21(26)16-9-10-18-19(15-16)31-22(24(18)12-13-29-2)23-20(25)11-14-32(27,28)17-7-5-4-6-8-17/h4-10,15H,3,11-14H2,1-2H3. The van der Waals surface area contributed by atoms with Crippen LogP contribution in [0.2, 0.25) is 0 Å². The van der Waals surface area contributed by atoms with Crippen molar-refractivity contribution in [2.24, 2.45) is 4.99 Å². The maximum atomic E-state index is 12.5. The van der Waals surface area contributed by atoms with E-state index in [0.29, 0.717) is 23.5 Å². The molecule has 0 fully saturated rings. The van der Waals surface area contributed by atoms with E-state index < -0.39 is 21.7 Å². The van der Waals surface area contributed by atoms with Gasteiger partial charge in [0.2, 0.25) is 5.91 Å². The van der Waals surface area contributed by atoms with Gasteiger partial charge in [-0.2, -0.15) is 4.99 Å². The summed E-state index contributed by atoms with van der Waals surface area (Å²) in [6.45, 7) is 2.86. The number of hydrogen-bond acceptors (Lipinski definition) is 7.